The Bertz CT molecular complexity index is 1130. The third-order valence-electron chi connectivity index (χ3n) is 3.72. The first kappa shape index (κ1) is 20.0. The van der Waals surface area contributed by atoms with E-state index in [-0.39, 0.29) is 37.6 Å². The van der Waals surface area contributed by atoms with Gasteiger partial charge in [-0.2, -0.15) is 17.9 Å². The van der Waals surface area contributed by atoms with Crippen LogP contribution in [-0.2, 0) is 6.18 Å². The molecule has 0 saturated heterocycles. The minimum absolute atomic E-state index is 0.0233. The maximum absolute atomic E-state index is 13.0. The number of hydrogen-bond donors (Lipinski definition) is 1. The van der Waals surface area contributed by atoms with Crippen LogP contribution in [0, 0.1) is 0 Å². The Balaban J connectivity index is 2.22. The average molecular weight is 432 g/mol. The molecule has 11 heteroatoms. The third kappa shape index (κ3) is 3.76. The minimum atomic E-state index is -4.66. The molecule has 1 aromatic carbocycles. The van der Waals surface area contributed by atoms with Crippen molar-refractivity contribution >= 4 is 40.0 Å². The highest BCUT2D eigenvalue weighted by Crippen LogP contribution is 2.33. The number of carbonyl (C=O) groups is 1. The number of carbonyl (C=O) groups excluding carboxylic acids is 1. The lowest BCUT2D eigenvalue weighted by molar-refractivity contribution is -0.140. The molecule has 6 nitrogen and oxygen atoms in total. The topological polar surface area (TPSA) is 76.7 Å². The molecule has 2 aromatic heterocycles. The molecule has 1 N–H and O–H groups in total. The highest BCUT2D eigenvalue weighted by molar-refractivity contribution is 6.34. The highest BCUT2D eigenvalue weighted by atomic mass is 35.5. The van der Waals surface area contributed by atoms with Crippen molar-refractivity contribution in [2.24, 2.45) is 4.99 Å². The quantitative estimate of drug-likeness (QED) is 0.611. The summed E-state index contributed by atoms with van der Waals surface area (Å²) in [5.41, 5.74) is -1.29. The first-order chi connectivity index (χ1) is 13.1. The number of halogens is 5. The molecular formula is C17H10Cl2F3N3O3. The Morgan fingerprint density at radius 3 is 2.39 bits per heavy atom. The van der Waals surface area contributed by atoms with Crippen molar-refractivity contribution < 1.29 is 27.9 Å². The molecule has 28 heavy (non-hydrogen) atoms. The molecule has 0 saturated carbocycles. The fraction of sp³-hybridized carbons (Fsp3) is 0.118. The molecule has 0 atom stereocenters. The van der Waals surface area contributed by atoms with Crippen LogP contribution in [0.2, 0.25) is 10.0 Å². The molecule has 146 valence electrons. The van der Waals surface area contributed by atoms with Gasteiger partial charge < -0.3 is 9.94 Å². The van der Waals surface area contributed by atoms with E-state index < -0.39 is 17.8 Å². The molecule has 0 spiro atoms. The second kappa shape index (κ2) is 7.33. The van der Waals surface area contributed by atoms with Crippen molar-refractivity contribution in [3.05, 3.63) is 63.3 Å². The Morgan fingerprint density at radius 1 is 1.18 bits per heavy atom. The SMILES string of the molecule is COc1ccc(C(=O)N=c2c(Cl)cn(O)cc2Cl)c2ccc(C(F)(F)F)nc12. The van der Waals surface area contributed by atoms with Crippen LogP contribution >= 0.6 is 23.2 Å². The second-order valence-electron chi connectivity index (χ2n) is 5.51. The van der Waals surface area contributed by atoms with Crippen LogP contribution in [0.3, 0.4) is 0 Å². The molecular weight excluding hydrogens is 422 g/mol. The summed E-state index contributed by atoms with van der Waals surface area (Å²) in [6.45, 7) is 0. The number of benzene rings is 1. The van der Waals surface area contributed by atoms with Crippen LogP contribution in [0.15, 0.2) is 41.7 Å². The van der Waals surface area contributed by atoms with Crippen molar-refractivity contribution in [3.63, 3.8) is 0 Å². The van der Waals surface area contributed by atoms with Crippen molar-refractivity contribution in [2.75, 3.05) is 7.11 Å². The molecule has 0 unspecified atom stereocenters. The van der Waals surface area contributed by atoms with Crippen LogP contribution in [0.25, 0.3) is 10.9 Å². The highest BCUT2D eigenvalue weighted by Gasteiger charge is 2.33. The summed E-state index contributed by atoms with van der Waals surface area (Å²) in [4.78, 5) is 20.1. The number of alkyl halides is 3. The smallest absolute Gasteiger partial charge is 0.433 e. The van der Waals surface area contributed by atoms with E-state index >= 15 is 0 Å². The number of amides is 1. The summed E-state index contributed by atoms with van der Waals surface area (Å²) < 4.78 is 44.6. The molecule has 0 bridgehead atoms. The molecule has 2 heterocycles. The van der Waals surface area contributed by atoms with Gasteiger partial charge in [0.15, 0.2) is 0 Å². The van der Waals surface area contributed by atoms with E-state index in [1.54, 1.807) is 0 Å². The predicted molar refractivity (Wildman–Crippen MR) is 94.8 cm³/mol. The Morgan fingerprint density at radius 2 is 1.82 bits per heavy atom. The number of pyridine rings is 2. The summed E-state index contributed by atoms with van der Waals surface area (Å²) in [5, 5.41) is 9.19. The van der Waals surface area contributed by atoms with Crippen molar-refractivity contribution in [1.82, 2.24) is 9.71 Å². The lowest BCUT2D eigenvalue weighted by atomic mass is 10.1. The number of hydrogen-bond acceptors (Lipinski definition) is 4. The van der Waals surface area contributed by atoms with Gasteiger partial charge in [-0.05, 0) is 24.3 Å². The Labute approximate surface area is 165 Å². The first-order valence-corrected chi connectivity index (χ1v) is 8.28. The van der Waals surface area contributed by atoms with Gasteiger partial charge in [0, 0.05) is 5.39 Å². The summed E-state index contributed by atoms with van der Waals surface area (Å²) in [6, 6.07) is 4.54. The fourth-order valence-corrected chi connectivity index (χ4v) is 3.01. The Hall–Kier alpha value is -2.78. The van der Waals surface area contributed by atoms with Gasteiger partial charge in [0.1, 0.15) is 22.3 Å². The van der Waals surface area contributed by atoms with Gasteiger partial charge in [0.2, 0.25) is 0 Å². The largest absolute Gasteiger partial charge is 0.494 e. The van der Waals surface area contributed by atoms with E-state index in [0.717, 1.165) is 24.5 Å². The minimum Gasteiger partial charge on any atom is -0.494 e. The molecule has 0 fully saturated rings. The molecule has 0 aliphatic rings. The summed E-state index contributed by atoms with van der Waals surface area (Å²) >= 11 is 11.9. The van der Waals surface area contributed by atoms with Crippen LogP contribution < -0.4 is 10.1 Å². The summed E-state index contributed by atoms with van der Waals surface area (Å²) in [5.74, 6) is -0.747. The van der Waals surface area contributed by atoms with Gasteiger partial charge in [-0.25, -0.2) is 9.98 Å². The summed E-state index contributed by atoms with van der Waals surface area (Å²) in [7, 11) is 1.27. The van der Waals surface area contributed by atoms with Crippen molar-refractivity contribution in [2.45, 2.75) is 6.18 Å². The number of ether oxygens (including phenoxy) is 1. The normalized spacial score (nSPS) is 11.5. The van der Waals surface area contributed by atoms with E-state index in [1.165, 1.54) is 19.2 Å². The molecule has 0 radical (unpaired) electrons. The van der Waals surface area contributed by atoms with Crippen LogP contribution in [0.1, 0.15) is 16.1 Å². The predicted octanol–water partition coefficient (Wildman–Crippen LogP) is 4.35. The first-order valence-electron chi connectivity index (χ1n) is 7.52. The van der Waals surface area contributed by atoms with E-state index in [9.17, 15) is 23.2 Å². The lowest BCUT2D eigenvalue weighted by Crippen LogP contribution is -2.13. The zero-order chi connectivity index (χ0) is 20.6. The number of aromatic nitrogens is 2. The number of fused-ring (bicyclic) bond motifs is 1. The standard InChI is InChI=1S/C17H10Cl2F3N3O3/c1-28-12-4-2-9(8-3-5-13(17(20,21)22)23-14(8)12)16(26)24-15-10(18)6-25(27)7-11(15)19/h2-7,27H,1H3. The number of rotatable bonds is 2. The van der Waals surface area contributed by atoms with Crippen LogP contribution in [0.5, 0.6) is 5.75 Å². The Kier molecular flexibility index (Phi) is 5.22. The van der Waals surface area contributed by atoms with E-state index in [0.29, 0.717) is 4.73 Å². The maximum Gasteiger partial charge on any atom is 0.433 e. The fourth-order valence-electron chi connectivity index (χ4n) is 2.48. The molecule has 1 amide bonds. The maximum atomic E-state index is 13.0. The van der Waals surface area contributed by atoms with Crippen LogP contribution in [-0.4, -0.2) is 27.9 Å². The van der Waals surface area contributed by atoms with Gasteiger partial charge in [-0.1, -0.05) is 23.2 Å². The van der Waals surface area contributed by atoms with Gasteiger partial charge in [0.05, 0.1) is 35.1 Å². The van der Waals surface area contributed by atoms with Crippen molar-refractivity contribution in [3.8, 4) is 5.75 Å². The molecule has 0 aliphatic carbocycles. The van der Waals surface area contributed by atoms with Gasteiger partial charge in [-0.3, -0.25) is 4.79 Å². The van der Waals surface area contributed by atoms with Gasteiger partial charge >= 0.3 is 6.18 Å². The lowest BCUT2D eigenvalue weighted by Gasteiger charge is -2.11. The van der Waals surface area contributed by atoms with Gasteiger partial charge in [-0.15, -0.1) is 0 Å². The van der Waals surface area contributed by atoms with Crippen LogP contribution in [0.4, 0.5) is 13.2 Å². The zero-order valence-electron chi connectivity index (χ0n) is 14.0. The van der Waals surface area contributed by atoms with E-state index in [4.69, 9.17) is 27.9 Å². The molecule has 0 aliphatic heterocycles. The van der Waals surface area contributed by atoms with E-state index in [2.05, 4.69) is 9.98 Å². The molecule has 3 rings (SSSR count). The van der Waals surface area contributed by atoms with Crippen molar-refractivity contribution in [1.29, 1.82) is 0 Å². The number of methoxy groups -OCH3 is 1. The van der Waals surface area contributed by atoms with Gasteiger partial charge in [0.25, 0.3) is 5.91 Å². The summed E-state index contributed by atoms with van der Waals surface area (Å²) in [6.07, 6.45) is -2.51. The monoisotopic (exact) mass is 431 g/mol. The third-order valence-corrected chi connectivity index (χ3v) is 4.27. The second-order valence-corrected chi connectivity index (χ2v) is 6.32. The van der Waals surface area contributed by atoms with E-state index in [1.807, 2.05) is 0 Å². The average Bonchev–Trinajstić information content (AvgIpc) is 2.62. The number of nitrogens with zero attached hydrogens (tertiary/aromatic N) is 3. The zero-order valence-corrected chi connectivity index (χ0v) is 15.5. The molecule has 3 aromatic rings.